The van der Waals surface area contributed by atoms with Crippen molar-refractivity contribution in [1.82, 2.24) is 0 Å². The van der Waals surface area contributed by atoms with Crippen LogP contribution >= 0.6 is 45.2 Å². The Morgan fingerprint density at radius 2 is 1.15 bits per heavy atom. The monoisotopic (exact) mass is 616 g/mol. The fourth-order valence-electron chi connectivity index (χ4n) is 2.98. The van der Waals surface area contributed by atoms with E-state index in [9.17, 15) is 8.78 Å². The first kappa shape index (κ1) is 22.9. The molecule has 0 bridgehead atoms. The minimum atomic E-state index is -2.03. The molecule has 0 saturated heterocycles. The number of halogens is 4. The van der Waals surface area contributed by atoms with Crippen LogP contribution in [0.4, 0.5) is 8.78 Å². The van der Waals surface area contributed by atoms with E-state index in [4.69, 9.17) is 9.47 Å². The number of hydrogen-bond donors (Lipinski definition) is 0. The van der Waals surface area contributed by atoms with Gasteiger partial charge in [-0.3, -0.25) is 0 Å². The van der Waals surface area contributed by atoms with Crippen LogP contribution in [0, 0.1) is 18.8 Å². The van der Waals surface area contributed by atoms with Crippen molar-refractivity contribution >= 4 is 53.3 Å². The molecule has 0 aromatic heterocycles. The molecular weight excluding hydrogens is 592 g/mol. The van der Waals surface area contributed by atoms with E-state index in [1.165, 1.54) is 24.3 Å². The minimum absolute atomic E-state index is 0.266. The summed E-state index contributed by atoms with van der Waals surface area (Å²) in [6.07, 6.45) is 1.17. The molecule has 0 spiro atoms. The molecule has 2 rings (SSSR count). The van der Waals surface area contributed by atoms with Crippen molar-refractivity contribution in [1.29, 1.82) is 0 Å². The highest BCUT2D eigenvalue weighted by Gasteiger charge is 2.42. The van der Waals surface area contributed by atoms with Crippen LogP contribution in [-0.2, 0) is 0 Å². The van der Waals surface area contributed by atoms with Gasteiger partial charge in [0, 0.05) is 0 Å². The van der Waals surface area contributed by atoms with E-state index < -0.39 is 8.07 Å². The van der Waals surface area contributed by atoms with Crippen molar-refractivity contribution in [2.24, 2.45) is 0 Å². The van der Waals surface area contributed by atoms with Crippen molar-refractivity contribution in [3.05, 3.63) is 55.2 Å². The number of benzene rings is 2. The highest BCUT2D eigenvalue weighted by Crippen LogP contribution is 2.35. The molecule has 0 saturated carbocycles. The standard InChI is InChI=1S/C20H24F2I2O2Si/c1-13(2)27(14(3)4,11-25-19-7-5-15(21)9-17(19)23)12-26-20-8-6-16(22)10-18(20)24/h5-10,13-14H,11-12H2,1-4H3. The quantitative estimate of drug-likeness (QED) is 0.236. The van der Waals surface area contributed by atoms with Crippen LogP contribution < -0.4 is 9.47 Å². The van der Waals surface area contributed by atoms with Crippen LogP contribution in [0.25, 0.3) is 0 Å². The number of ether oxygens (including phenoxy) is 2. The van der Waals surface area contributed by atoms with Crippen molar-refractivity contribution in [3.63, 3.8) is 0 Å². The molecule has 148 valence electrons. The molecule has 0 N–H and O–H groups in total. The second-order valence-corrected chi connectivity index (χ2v) is 14.9. The molecule has 0 unspecified atom stereocenters. The molecular formula is C20H24F2I2O2Si. The molecule has 2 aromatic carbocycles. The first-order valence-electron chi connectivity index (χ1n) is 8.81. The van der Waals surface area contributed by atoms with Crippen molar-refractivity contribution in [2.45, 2.75) is 38.8 Å². The third kappa shape index (κ3) is 5.78. The molecule has 0 radical (unpaired) electrons. The van der Waals surface area contributed by atoms with Gasteiger partial charge in [0.15, 0.2) is 0 Å². The van der Waals surface area contributed by atoms with Gasteiger partial charge < -0.3 is 9.47 Å². The SMILES string of the molecule is CC(C)[Si](COc1ccc(F)cc1I)(COc1ccc(F)cc1I)C(C)C. The van der Waals surface area contributed by atoms with Gasteiger partial charge in [-0.25, -0.2) is 8.78 Å². The maximum absolute atomic E-state index is 13.4. The Balaban J connectivity index is 2.21. The van der Waals surface area contributed by atoms with Gasteiger partial charge in [0.2, 0.25) is 0 Å². The Morgan fingerprint density at radius 1 is 0.778 bits per heavy atom. The van der Waals surface area contributed by atoms with E-state index in [0.717, 1.165) is 7.14 Å². The van der Waals surface area contributed by atoms with Gasteiger partial charge in [-0.1, -0.05) is 27.7 Å². The summed E-state index contributed by atoms with van der Waals surface area (Å²) < 4.78 is 40.6. The molecule has 0 fully saturated rings. The van der Waals surface area contributed by atoms with Crippen LogP contribution in [0.2, 0.25) is 11.1 Å². The van der Waals surface area contributed by atoms with Gasteiger partial charge in [-0.15, -0.1) is 0 Å². The Labute approximate surface area is 188 Å². The topological polar surface area (TPSA) is 18.5 Å². The summed E-state index contributed by atoms with van der Waals surface area (Å²) >= 11 is 4.19. The van der Waals surface area contributed by atoms with E-state index in [-0.39, 0.29) is 11.6 Å². The van der Waals surface area contributed by atoms with Gasteiger partial charge in [0.25, 0.3) is 0 Å². The van der Waals surface area contributed by atoms with E-state index in [0.29, 0.717) is 35.0 Å². The van der Waals surface area contributed by atoms with E-state index in [2.05, 4.69) is 72.9 Å². The van der Waals surface area contributed by atoms with E-state index in [1.807, 2.05) is 0 Å². The lowest BCUT2D eigenvalue weighted by Crippen LogP contribution is -2.53. The first-order valence-corrected chi connectivity index (χ1v) is 13.5. The second kappa shape index (κ2) is 9.86. The van der Waals surface area contributed by atoms with Crippen molar-refractivity contribution < 1.29 is 18.3 Å². The summed E-state index contributed by atoms with van der Waals surface area (Å²) in [5.74, 6) is 0.868. The summed E-state index contributed by atoms with van der Waals surface area (Å²) in [4.78, 5) is 0. The summed E-state index contributed by atoms with van der Waals surface area (Å²) in [6.45, 7) is 8.85. The van der Waals surface area contributed by atoms with E-state index in [1.54, 1.807) is 12.1 Å². The van der Waals surface area contributed by atoms with Crippen LogP contribution in [0.1, 0.15) is 27.7 Å². The predicted molar refractivity (Wildman–Crippen MR) is 125 cm³/mol. The molecule has 0 atom stereocenters. The van der Waals surface area contributed by atoms with E-state index >= 15 is 0 Å². The average Bonchev–Trinajstić information content (AvgIpc) is 2.57. The maximum atomic E-state index is 13.4. The Morgan fingerprint density at radius 3 is 1.44 bits per heavy atom. The number of rotatable bonds is 8. The lowest BCUT2D eigenvalue weighted by molar-refractivity contribution is 0.331. The third-order valence-electron chi connectivity index (χ3n) is 5.08. The zero-order chi connectivity index (χ0) is 20.2. The van der Waals surface area contributed by atoms with Crippen LogP contribution in [0.5, 0.6) is 11.5 Å². The lowest BCUT2D eigenvalue weighted by atomic mass is 10.3. The van der Waals surface area contributed by atoms with Crippen LogP contribution in [-0.4, -0.2) is 20.5 Å². The molecule has 7 heteroatoms. The third-order valence-corrected chi connectivity index (χ3v) is 12.7. The molecule has 0 aliphatic rings. The average molecular weight is 616 g/mol. The predicted octanol–water partition coefficient (Wildman–Crippen LogP) is 6.98. The Kier molecular flexibility index (Phi) is 8.35. The molecule has 2 nitrogen and oxygen atoms in total. The summed E-state index contributed by atoms with van der Waals surface area (Å²) in [6, 6.07) is 9.15. The fraction of sp³-hybridized carbons (Fsp3) is 0.400. The van der Waals surface area contributed by atoms with Gasteiger partial charge in [-0.2, -0.15) is 0 Å². The van der Waals surface area contributed by atoms with Gasteiger partial charge in [0.1, 0.15) is 31.2 Å². The summed E-state index contributed by atoms with van der Waals surface area (Å²) in [7, 11) is -2.03. The van der Waals surface area contributed by atoms with Gasteiger partial charge in [0.05, 0.1) is 19.6 Å². The minimum Gasteiger partial charge on any atom is -0.496 e. The highest BCUT2D eigenvalue weighted by atomic mass is 127. The maximum Gasteiger partial charge on any atom is 0.146 e. The largest absolute Gasteiger partial charge is 0.496 e. The number of hydrogen-bond acceptors (Lipinski definition) is 2. The summed E-state index contributed by atoms with van der Waals surface area (Å²) in [5, 5.41) is 0. The van der Waals surface area contributed by atoms with Crippen molar-refractivity contribution in [2.75, 3.05) is 12.5 Å². The van der Waals surface area contributed by atoms with Gasteiger partial charge >= 0.3 is 0 Å². The Hall–Kier alpha value is -0.423. The molecule has 0 aliphatic carbocycles. The second-order valence-electron chi connectivity index (χ2n) is 7.27. The lowest BCUT2D eigenvalue weighted by Gasteiger charge is -2.38. The smallest absolute Gasteiger partial charge is 0.146 e. The molecule has 0 amide bonds. The normalized spacial score (nSPS) is 11.9. The first-order chi connectivity index (χ1) is 12.7. The molecule has 27 heavy (non-hydrogen) atoms. The molecule has 0 heterocycles. The zero-order valence-electron chi connectivity index (χ0n) is 15.9. The molecule has 0 aliphatic heterocycles. The van der Waals surface area contributed by atoms with Crippen molar-refractivity contribution in [3.8, 4) is 11.5 Å². The zero-order valence-corrected chi connectivity index (χ0v) is 21.2. The molecule has 2 aromatic rings. The summed E-state index contributed by atoms with van der Waals surface area (Å²) in [5.41, 5.74) is 0.849. The van der Waals surface area contributed by atoms with Gasteiger partial charge in [-0.05, 0) is 92.7 Å². The Bertz CT molecular complexity index is 719. The van der Waals surface area contributed by atoms with Crippen LogP contribution in [0.3, 0.4) is 0 Å². The highest BCUT2D eigenvalue weighted by molar-refractivity contribution is 14.1. The fourth-order valence-corrected chi connectivity index (χ4v) is 7.85. The van der Waals surface area contributed by atoms with Crippen LogP contribution in [0.15, 0.2) is 36.4 Å².